The van der Waals surface area contributed by atoms with Crippen LogP contribution in [0.25, 0.3) is 0 Å². The minimum atomic E-state index is 0.943. The van der Waals surface area contributed by atoms with Gasteiger partial charge in [0.2, 0.25) is 0 Å². The molecule has 0 aliphatic carbocycles. The van der Waals surface area contributed by atoms with Crippen molar-refractivity contribution >= 4 is 0 Å². The lowest BCUT2D eigenvalue weighted by atomic mass is 10.2. The normalized spacial score (nSPS) is 11.9. The highest BCUT2D eigenvalue weighted by Crippen LogP contribution is 2.16. The third-order valence-electron chi connectivity index (χ3n) is 3.37. The van der Waals surface area contributed by atoms with Crippen molar-refractivity contribution in [1.82, 2.24) is 4.90 Å². The molecule has 0 atom stereocenters. The zero-order chi connectivity index (χ0) is 13.6. The molecule has 3 heteroatoms. The lowest BCUT2D eigenvalue weighted by Gasteiger charge is -2.31. The number of nitrogens with zero attached hydrogens (tertiary/aromatic N) is 2. The molecule has 102 valence electrons. The molecule has 0 bridgehead atoms. The Morgan fingerprint density at radius 2 is 2.00 bits per heavy atom. The van der Waals surface area contributed by atoms with Crippen LogP contribution >= 0.6 is 0 Å². The van der Waals surface area contributed by atoms with Crippen molar-refractivity contribution in [2.24, 2.45) is 0 Å². The predicted molar refractivity (Wildman–Crippen MR) is 76.8 cm³/mol. The number of ether oxygens (including phenoxy) is 1. The Hall–Kier alpha value is -1.06. The van der Waals surface area contributed by atoms with Gasteiger partial charge in [-0.05, 0) is 25.7 Å². The molecule has 18 heavy (non-hydrogen) atoms. The summed E-state index contributed by atoms with van der Waals surface area (Å²) in [6.45, 7) is 6.63. The maximum atomic E-state index is 5.27. The lowest BCUT2D eigenvalue weighted by molar-refractivity contribution is -0.903. The van der Waals surface area contributed by atoms with Gasteiger partial charge in [-0.1, -0.05) is 19.1 Å². The van der Waals surface area contributed by atoms with Crippen molar-refractivity contribution in [3.63, 3.8) is 0 Å². The molecule has 0 saturated carbocycles. The van der Waals surface area contributed by atoms with Gasteiger partial charge in [-0.25, -0.2) is 0 Å². The van der Waals surface area contributed by atoms with Gasteiger partial charge in [-0.2, -0.15) is 0 Å². The van der Waals surface area contributed by atoms with Crippen LogP contribution in [0.5, 0.6) is 5.75 Å². The Morgan fingerprint density at radius 3 is 2.61 bits per heavy atom. The van der Waals surface area contributed by atoms with Gasteiger partial charge in [0.25, 0.3) is 0 Å². The van der Waals surface area contributed by atoms with E-state index in [0.29, 0.717) is 0 Å². The molecular weight excluding hydrogens is 224 g/mol. The number of hydrogen-bond donors (Lipinski definition) is 0. The van der Waals surface area contributed by atoms with E-state index >= 15 is 0 Å². The van der Waals surface area contributed by atoms with E-state index in [1.54, 1.807) is 7.11 Å². The summed E-state index contributed by atoms with van der Waals surface area (Å²) in [6.07, 6.45) is 0. The summed E-state index contributed by atoms with van der Waals surface area (Å²) >= 11 is 0. The smallest absolute Gasteiger partial charge is 0.119 e. The van der Waals surface area contributed by atoms with Crippen molar-refractivity contribution in [3.8, 4) is 5.75 Å². The molecule has 1 aromatic rings. The molecule has 1 aromatic carbocycles. The van der Waals surface area contributed by atoms with Crippen LogP contribution in [0.4, 0.5) is 0 Å². The van der Waals surface area contributed by atoms with Gasteiger partial charge in [-0.15, -0.1) is 0 Å². The van der Waals surface area contributed by atoms with E-state index in [1.165, 1.54) is 5.56 Å². The molecule has 0 saturated heterocycles. The van der Waals surface area contributed by atoms with Crippen molar-refractivity contribution in [2.75, 3.05) is 47.9 Å². The highest BCUT2D eigenvalue weighted by molar-refractivity contribution is 5.27. The van der Waals surface area contributed by atoms with Crippen LogP contribution in [-0.2, 0) is 6.54 Å². The van der Waals surface area contributed by atoms with Gasteiger partial charge >= 0.3 is 0 Å². The van der Waals surface area contributed by atoms with Gasteiger partial charge in [-0.3, -0.25) is 0 Å². The third-order valence-corrected chi connectivity index (χ3v) is 3.37. The van der Waals surface area contributed by atoms with Gasteiger partial charge in [0.05, 0.1) is 27.7 Å². The average molecular weight is 251 g/mol. The molecule has 0 heterocycles. The number of benzene rings is 1. The van der Waals surface area contributed by atoms with Crippen molar-refractivity contribution in [1.29, 1.82) is 0 Å². The largest absolute Gasteiger partial charge is 0.497 e. The van der Waals surface area contributed by atoms with Gasteiger partial charge in [0, 0.05) is 12.1 Å². The molecule has 0 aliphatic rings. The second-order valence-electron chi connectivity index (χ2n) is 5.56. The fourth-order valence-corrected chi connectivity index (χ4v) is 1.94. The molecule has 0 spiro atoms. The molecular formula is C15H27N2O+. The lowest BCUT2D eigenvalue weighted by Crippen LogP contribution is -2.44. The molecule has 1 rings (SSSR count). The molecule has 0 unspecified atom stereocenters. The maximum Gasteiger partial charge on any atom is 0.119 e. The Balaban J connectivity index is 2.58. The monoisotopic (exact) mass is 251 g/mol. The SMILES string of the molecule is CCN(C)CC[N+](C)(C)Cc1cccc(OC)c1. The summed E-state index contributed by atoms with van der Waals surface area (Å²) in [5.41, 5.74) is 1.33. The molecule has 0 amide bonds. The van der Waals surface area contributed by atoms with Crippen LogP contribution in [0.3, 0.4) is 0 Å². The number of quaternary nitrogens is 1. The summed E-state index contributed by atoms with van der Waals surface area (Å²) < 4.78 is 6.27. The molecule has 0 N–H and O–H groups in total. The Morgan fingerprint density at radius 1 is 1.28 bits per heavy atom. The van der Waals surface area contributed by atoms with E-state index < -0.39 is 0 Å². The van der Waals surface area contributed by atoms with E-state index in [9.17, 15) is 0 Å². The van der Waals surface area contributed by atoms with E-state index in [2.05, 4.69) is 51.2 Å². The zero-order valence-corrected chi connectivity index (χ0v) is 12.4. The van der Waals surface area contributed by atoms with Crippen molar-refractivity contribution in [2.45, 2.75) is 13.5 Å². The fourth-order valence-electron chi connectivity index (χ4n) is 1.94. The number of likely N-dealkylation sites (N-methyl/N-ethyl adjacent to an activating group) is 2. The predicted octanol–water partition coefficient (Wildman–Crippen LogP) is 2.22. The second kappa shape index (κ2) is 6.76. The van der Waals surface area contributed by atoms with Crippen LogP contribution < -0.4 is 4.74 Å². The molecule has 3 nitrogen and oxygen atoms in total. The second-order valence-corrected chi connectivity index (χ2v) is 5.56. The van der Waals surface area contributed by atoms with Crippen LogP contribution in [0.2, 0.25) is 0 Å². The minimum Gasteiger partial charge on any atom is -0.497 e. The first-order valence-corrected chi connectivity index (χ1v) is 6.60. The first-order valence-electron chi connectivity index (χ1n) is 6.60. The molecule has 0 aliphatic heterocycles. The number of rotatable bonds is 7. The van der Waals surface area contributed by atoms with E-state index in [4.69, 9.17) is 4.74 Å². The summed E-state index contributed by atoms with van der Waals surface area (Å²) in [7, 11) is 8.45. The van der Waals surface area contributed by atoms with Crippen LogP contribution in [0.1, 0.15) is 12.5 Å². The van der Waals surface area contributed by atoms with Crippen molar-refractivity contribution in [3.05, 3.63) is 29.8 Å². The van der Waals surface area contributed by atoms with E-state index in [-0.39, 0.29) is 0 Å². The highest BCUT2D eigenvalue weighted by atomic mass is 16.5. The Kier molecular flexibility index (Phi) is 5.63. The first-order chi connectivity index (χ1) is 8.46. The van der Waals surface area contributed by atoms with Crippen molar-refractivity contribution < 1.29 is 9.22 Å². The number of methoxy groups -OCH3 is 1. The molecule has 0 radical (unpaired) electrons. The quantitative estimate of drug-likeness (QED) is 0.689. The third kappa shape index (κ3) is 5.07. The standard InChI is InChI=1S/C15H27N2O/c1-6-16(2)10-11-17(3,4)13-14-8-7-9-15(12-14)18-5/h7-9,12H,6,10-11,13H2,1-5H3/q+1. The maximum absolute atomic E-state index is 5.27. The van der Waals surface area contributed by atoms with Gasteiger partial charge < -0.3 is 14.1 Å². The van der Waals surface area contributed by atoms with Gasteiger partial charge in [0.15, 0.2) is 0 Å². The highest BCUT2D eigenvalue weighted by Gasteiger charge is 2.16. The van der Waals surface area contributed by atoms with Crippen LogP contribution in [0, 0.1) is 0 Å². The first kappa shape index (κ1) is 15.0. The molecule has 0 fully saturated rings. The van der Waals surface area contributed by atoms with Crippen LogP contribution in [0.15, 0.2) is 24.3 Å². The molecule has 0 aromatic heterocycles. The van der Waals surface area contributed by atoms with E-state index in [0.717, 1.165) is 36.4 Å². The number of hydrogen-bond acceptors (Lipinski definition) is 2. The van der Waals surface area contributed by atoms with Crippen LogP contribution in [-0.4, -0.2) is 57.3 Å². The van der Waals surface area contributed by atoms with E-state index in [1.807, 2.05) is 6.07 Å². The summed E-state index contributed by atoms with van der Waals surface area (Å²) in [4.78, 5) is 2.35. The Bertz CT molecular complexity index is 363. The average Bonchev–Trinajstić information content (AvgIpc) is 2.35. The summed E-state index contributed by atoms with van der Waals surface area (Å²) in [5.74, 6) is 0.943. The zero-order valence-electron chi connectivity index (χ0n) is 12.4. The topological polar surface area (TPSA) is 12.5 Å². The van der Waals surface area contributed by atoms with Gasteiger partial charge in [0.1, 0.15) is 12.3 Å². The fraction of sp³-hybridized carbons (Fsp3) is 0.600. The summed E-state index contributed by atoms with van der Waals surface area (Å²) in [5, 5.41) is 0. The Labute approximate surface area is 112 Å². The minimum absolute atomic E-state index is 0.943. The summed E-state index contributed by atoms with van der Waals surface area (Å²) in [6, 6.07) is 8.36.